The third kappa shape index (κ3) is 2.55. The smallest absolute Gasteiger partial charge is 0.162 e. The Morgan fingerprint density at radius 3 is 2.62 bits per heavy atom. The molecule has 4 nitrogen and oxygen atoms in total. The molecule has 1 aromatic rings. The van der Waals surface area contributed by atoms with Crippen LogP contribution in [0.3, 0.4) is 0 Å². The first kappa shape index (κ1) is 13.0. The van der Waals surface area contributed by atoms with Gasteiger partial charge in [-0.3, -0.25) is 4.68 Å². The lowest BCUT2D eigenvalue weighted by atomic mass is 9.96. The van der Waals surface area contributed by atoms with E-state index >= 15 is 0 Å². The summed E-state index contributed by atoms with van der Waals surface area (Å²) in [5, 5.41) is 14.7. The van der Waals surface area contributed by atoms with E-state index < -0.39 is 5.60 Å². The summed E-state index contributed by atoms with van der Waals surface area (Å²) >= 11 is 0. The van der Waals surface area contributed by atoms with Crippen LogP contribution in [0, 0.1) is 0 Å². The number of aromatic nitrogens is 2. The fourth-order valence-corrected chi connectivity index (χ4v) is 2.05. The second kappa shape index (κ2) is 5.34. The van der Waals surface area contributed by atoms with Crippen molar-refractivity contribution in [1.82, 2.24) is 9.78 Å². The SMILES string of the molecule is CCCn1ncc(OC)c1C(C)(O)CCC. The molecule has 0 aromatic carbocycles. The fraction of sp³-hybridized carbons (Fsp3) is 0.750. The standard InChI is InChI=1S/C12H22N2O2/c1-5-7-12(3,15)11-10(16-4)9-13-14(11)8-6-2/h9,15H,5-8H2,1-4H3. The van der Waals surface area contributed by atoms with Crippen LogP contribution in [0.25, 0.3) is 0 Å². The molecule has 0 saturated carbocycles. The highest BCUT2D eigenvalue weighted by atomic mass is 16.5. The third-order valence-corrected chi connectivity index (χ3v) is 2.71. The monoisotopic (exact) mass is 226 g/mol. The van der Waals surface area contributed by atoms with E-state index in [2.05, 4.69) is 18.9 Å². The van der Waals surface area contributed by atoms with Crippen LogP contribution in [0.4, 0.5) is 0 Å². The van der Waals surface area contributed by atoms with Crippen LogP contribution in [0.15, 0.2) is 6.20 Å². The van der Waals surface area contributed by atoms with Gasteiger partial charge in [-0.25, -0.2) is 0 Å². The largest absolute Gasteiger partial charge is 0.493 e. The topological polar surface area (TPSA) is 47.3 Å². The maximum Gasteiger partial charge on any atom is 0.162 e. The van der Waals surface area contributed by atoms with Gasteiger partial charge in [-0.05, 0) is 19.8 Å². The maximum atomic E-state index is 10.5. The fourth-order valence-electron chi connectivity index (χ4n) is 2.05. The lowest BCUT2D eigenvalue weighted by molar-refractivity contribution is 0.0349. The molecular formula is C12H22N2O2. The quantitative estimate of drug-likeness (QED) is 0.809. The highest BCUT2D eigenvalue weighted by Gasteiger charge is 2.30. The molecule has 0 aliphatic carbocycles. The predicted octanol–water partition coefficient (Wildman–Crippen LogP) is 2.31. The summed E-state index contributed by atoms with van der Waals surface area (Å²) in [4.78, 5) is 0. The van der Waals surface area contributed by atoms with E-state index in [1.54, 1.807) is 13.3 Å². The van der Waals surface area contributed by atoms with Crippen molar-refractivity contribution >= 4 is 0 Å². The lowest BCUT2D eigenvalue weighted by Crippen LogP contribution is -2.26. The van der Waals surface area contributed by atoms with Crippen LogP contribution in [0.2, 0.25) is 0 Å². The van der Waals surface area contributed by atoms with Gasteiger partial charge in [0.25, 0.3) is 0 Å². The number of aryl methyl sites for hydroxylation is 1. The molecule has 1 heterocycles. The number of ether oxygens (including phenoxy) is 1. The predicted molar refractivity (Wildman–Crippen MR) is 63.5 cm³/mol. The molecule has 1 unspecified atom stereocenters. The molecule has 1 atom stereocenters. The van der Waals surface area contributed by atoms with Crippen molar-refractivity contribution in [3.05, 3.63) is 11.9 Å². The molecule has 16 heavy (non-hydrogen) atoms. The zero-order chi connectivity index (χ0) is 12.2. The van der Waals surface area contributed by atoms with Crippen LogP contribution >= 0.6 is 0 Å². The number of rotatable bonds is 6. The normalized spacial score (nSPS) is 14.8. The van der Waals surface area contributed by atoms with E-state index in [1.165, 1.54) is 0 Å². The number of aliphatic hydroxyl groups is 1. The first-order valence-corrected chi connectivity index (χ1v) is 5.89. The minimum Gasteiger partial charge on any atom is -0.493 e. The first-order chi connectivity index (χ1) is 7.56. The summed E-state index contributed by atoms with van der Waals surface area (Å²) in [6.07, 6.45) is 4.29. The van der Waals surface area contributed by atoms with Gasteiger partial charge >= 0.3 is 0 Å². The second-order valence-electron chi connectivity index (χ2n) is 4.31. The van der Waals surface area contributed by atoms with Crippen molar-refractivity contribution in [3.8, 4) is 5.75 Å². The summed E-state index contributed by atoms with van der Waals surface area (Å²) in [7, 11) is 1.61. The van der Waals surface area contributed by atoms with Crippen molar-refractivity contribution in [2.24, 2.45) is 0 Å². The van der Waals surface area contributed by atoms with Gasteiger partial charge < -0.3 is 9.84 Å². The molecule has 1 aromatic heterocycles. The molecule has 0 saturated heterocycles. The van der Waals surface area contributed by atoms with Gasteiger partial charge in [0.15, 0.2) is 5.75 Å². The van der Waals surface area contributed by atoms with Gasteiger partial charge in [-0.1, -0.05) is 20.3 Å². The van der Waals surface area contributed by atoms with Crippen molar-refractivity contribution in [2.75, 3.05) is 7.11 Å². The average Bonchev–Trinajstić information content (AvgIpc) is 2.62. The number of hydrogen-bond acceptors (Lipinski definition) is 3. The number of hydrogen-bond donors (Lipinski definition) is 1. The van der Waals surface area contributed by atoms with E-state index in [4.69, 9.17) is 4.74 Å². The van der Waals surface area contributed by atoms with Crippen molar-refractivity contribution < 1.29 is 9.84 Å². The van der Waals surface area contributed by atoms with Gasteiger partial charge in [0, 0.05) is 6.54 Å². The van der Waals surface area contributed by atoms with Crippen molar-refractivity contribution in [3.63, 3.8) is 0 Å². The Kier molecular flexibility index (Phi) is 4.35. The van der Waals surface area contributed by atoms with Gasteiger partial charge in [-0.2, -0.15) is 5.10 Å². The Morgan fingerprint density at radius 2 is 2.12 bits per heavy atom. The van der Waals surface area contributed by atoms with Crippen molar-refractivity contribution in [2.45, 2.75) is 52.2 Å². The summed E-state index contributed by atoms with van der Waals surface area (Å²) in [5.74, 6) is 0.673. The van der Waals surface area contributed by atoms with Crippen LogP contribution in [0.5, 0.6) is 5.75 Å². The van der Waals surface area contributed by atoms with Crippen LogP contribution in [-0.2, 0) is 12.1 Å². The molecule has 0 fully saturated rings. The summed E-state index contributed by atoms with van der Waals surface area (Å²) in [5.41, 5.74) is -0.0788. The van der Waals surface area contributed by atoms with Crippen LogP contribution < -0.4 is 4.74 Å². The Hall–Kier alpha value is -1.03. The highest BCUT2D eigenvalue weighted by molar-refractivity contribution is 5.30. The molecule has 0 spiro atoms. The molecule has 0 amide bonds. The number of nitrogens with zero attached hydrogens (tertiary/aromatic N) is 2. The Morgan fingerprint density at radius 1 is 1.44 bits per heavy atom. The Bertz CT molecular complexity index is 332. The molecule has 1 N–H and O–H groups in total. The minimum absolute atomic E-state index is 0.673. The van der Waals surface area contributed by atoms with E-state index in [0.717, 1.165) is 25.1 Å². The zero-order valence-corrected chi connectivity index (χ0v) is 10.7. The zero-order valence-electron chi connectivity index (χ0n) is 10.7. The second-order valence-corrected chi connectivity index (χ2v) is 4.31. The molecule has 4 heteroatoms. The van der Waals surface area contributed by atoms with Crippen LogP contribution in [-0.4, -0.2) is 22.0 Å². The number of methoxy groups -OCH3 is 1. The maximum absolute atomic E-state index is 10.5. The lowest BCUT2D eigenvalue weighted by Gasteiger charge is -2.24. The Balaban J connectivity index is 3.11. The van der Waals surface area contributed by atoms with Crippen molar-refractivity contribution in [1.29, 1.82) is 0 Å². The van der Waals surface area contributed by atoms with E-state index in [9.17, 15) is 5.11 Å². The van der Waals surface area contributed by atoms with Gasteiger partial charge in [0.2, 0.25) is 0 Å². The van der Waals surface area contributed by atoms with E-state index in [1.807, 2.05) is 11.6 Å². The van der Waals surface area contributed by atoms with Gasteiger partial charge in [0.1, 0.15) is 11.3 Å². The molecule has 0 bridgehead atoms. The first-order valence-electron chi connectivity index (χ1n) is 5.89. The molecule has 0 aliphatic rings. The van der Waals surface area contributed by atoms with Gasteiger partial charge in [-0.15, -0.1) is 0 Å². The summed E-state index contributed by atoms with van der Waals surface area (Å²) in [6.45, 7) is 6.77. The molecular weight excluding hydrogens is 204 g/mol. The molecule has 0 radical (unpaired) electrons. The van der Waals surface area contributed by atoms with Crippen LogP contribution in [0.1, 0.15) is 45.7 Å². The third-order valence-electron chi connectivity index (χ3n) is 2.71. The average molecular weight is 226 g/mol. The Labute approximate surface area is 97.2 Å². The summed E-state index contributed by atoms with van der Waals surface area (Å²) < 4.78 is 7.10. The molecule has 0 aliphatic heterocycles. The highest BCUT2D eigenvalue weighted by Crippen LogP contribution is 2.33. The summed E-state index contributed by atoms with van der Waals surface area (Å²) in [6, 6.07) is 0. The minimum atomic E-state index is -0.869. The van der Waals surface area contributed by atoms with E-state index in [0.29, 0.717) is 12.2 Å². The van der Waals surface area contributed by atoms with E-state index in [-0.39, 0.29) is 0 Å². The molecule has 1 rings (SSSR count). The molecule has 92 valence electrons. The van der Waals surface area contributed by atoms with Gasteiger partial charge in [0.05, 0.1) is 13.3 Å².